The van der Waals surface area contributed by atoms with Gasteiger partial charge < -0.3 is 9.84 Å². The second-order valence-corrected chi connectivity index (χ2v) is 4.61. The molecule has 1 N–H and O–H groups in total. The summed E-state index contributed by atoms with van der Waals surface area (Å²) < 4.78 is 28.3. The van der Waals surface area contributed by atoms with E-state index >= 15 is 0 Å². The fourth-order valence-corrected chi connectivity index (χ4v) is 1.85. The number of aliphatic hydroxyl groups excluding tert-OH is 1. The van der Waals surface area contributed by atoms with Gasteiger partial charge in [-0.1, -0.05) is 35.3 Å². The highest BCUT2D eigenvalue weighted by Crippen LogP contribution is 2.26. The van der Waals surface area contributed by atoms with Crippen molar-refractivity contribution in [2.75, 3.05) is 13.2 Å². The zero-order valence-electron chi connectivity index (χ0n) is 9.58. The summed E-state index contributed by atoms with van der Waals surface area (Å²) in [4.78, 5) is 0. The quantitative estimate of drug-likeness (QED) is 0.780. The summed E-state index contributed by atoms with van der Waals surface area (Å²) in [5.74, 6) is 0. The zero-order valence-corrected chi connectivity index (χ0v) is 11.1. The minimum atomic E-state index is -2.48. The fraction of sp³-hybridized carbons (Fsp3) is 0.500. The molecule has 0 radical (unpaired) electrons. The predicted octanol–water partition coefficient (Wildman–Crippen LogP) is 3.57. The Balaban J connectivity index is 2.35. The van der Waals surface area contributed by atoms with Crippen LogP contribution in [-0.4, -0.2) is 30.8 Å². The van der Waals surface area contributed by atoms with E-state index in [4.69, 9.17) is 23.2 Å². The molecule has 1 atom stereocenters. The lowest BCUT2D eigenvalue weighted by Crippen LogP contribution is -2.15. The Morgan fingerprint density at radius 3 is 2.67 bits per heavy atom. The van der Waals surface area contributed by atoms with Crippen LogP contribution in [0, 0.1) is 0 Å². The van der Waals surface area contributed by atoms with E-state index in [0.717, 1.165) is 5.56 Å². The molecule has 0 aliphatic heterocycles. The van der Waals surface area contributed by atoms with Crippen LogP contribution in [-0.2, 0) is 11.2 Å². The first-order valence-corrected chi connectivity index (χ1v) is 6.23. The molecule has 1 aromatic carbocycles. The van der Waals surface area contributed by atoms with E-state index in [1.54, 1.807) is 18.2 Å². The Morgan fingerprint density at radius 2 is 2.00 bits per heavy atom. The van der Waals surface area contributed by atoms with Crippen LogP contribution in [0.1, 0.15) is 12.0 Å². The van der Waals surface area contributed by atoms with Crippen molar-refractivity contribution in [2.24, 2.45) is 0 Å². The van der Waals surface area contributed by atoms with E-state index < -0.39 is 19.1 Å². The third kappa shape index (κ3) is 5.48. The van der Waals surface area contributed by atoms with E-state index in [1.807, 2.05) is 0 Å². The van der Waals surface area contributed by atoms with Gasteiger partial charge in [0.15, 0.2) is 0 Å². The number of hydrogen-bond donors (Lipinski definition) is 1. The third-order valence-corrected chi connectivity index (χ3v) is 3.18. The van der Waals surface area contributed by atoms with Crippen LogP contribution in [0.5, 0.6) is 0 Å². The number of hydrogen-bond acceptors (Lipinski definition) is 2. The minimum Gasteiger partial charge on any atom is -0.393 e. The van der Waals surface area contributed by atoms with Crippen LogP contribution in [0.3, 0.4) is 0 Å². The van der Waals surface area contributed by atoms with Gasteiger partial charge in [0.2, 0.25) is 0 Å². The molecule has 0 bridgehead atoms. The molecule has 6 heteroatoms. The van der Waals surface area contributed by atoms with Crippen LogP contribution in [0.15, 0.2) is 18.2 Å². The SMILES string of the molecule is OC(CCOCC(F)F)Cc1cccc(Cl)c1Cl. The average molecular weight is 299 g/mol. The summed E-state index contributed by atoms with van der Waals surface area (Å²) in [6.45, 7) is -0.520. The van der Waals surface area contributed by atoms with Crippen molar-refractivity contribution in [1.29, 1.82) is 0 Å². The number of ether oxygens (including phenoxy) is 1. The van der Waals surface area contributed by atoms with Crippen LogP contribution in [0.25, 0.3) is 0 Å². The largest absolute Gasteiger partial charge is 0.393 e. The van der Waals surface area contributed by atoms with Crippen molar-refractivity contribution in [3.63, 3.8) is 0 Å². The molecule has 18 heavy (non-hydrogen) atoms. The molecule has 0 fully saturated rings. The lowest BCUT2D eigenvalue weighted by molar-refractivity contribution is 0.00512. The molecule has 0 saturated carbocycles. The van der Waals surface area contributed by atoms with Gasteiger partial charge in [-0.05, 0) is 24.5 Å². The van der Waals surface area contributed by atoms with Gasteiger partial charge in [0.1, 0.15) is 6.61 Å². The highest BCUT2D eigenvalue weighted by atomic mass is 35.5. The predicted molar refractivity (Wildman–Crippen MR) is 67.6 cm³/mol. The molecule has 0 aliphatic carbocycles. The lowest BCUT2D eigenvalue weighted by Gasteiger charge is -2.12. The minimum absolute atomic E-state index is 0.0870. The van der Waals surface area contributed by atoms with Gasteiger partial charge in [0.05, 0.1) is 16.1 Å². The van der Waals surface area contributed by atoms with Crippen molar-refractivity contribution in [3.8, 4) is 0 Å². The summed E-state index contributed by atoms with van der Waals surface area (Å²) in [6, 6.07) is 5.16. The Labute approximate surface area is 114 Å². The van der Waals surface area contributed by atoms with E-state index in [9.17, 15) is 13.9 Å². The maximum absolute atomic E-state index is 11.8. The van der Waals surface area contributed by atoms with Gasteiger partial charge >= 0.3 is 0 Å². The first kappa shape index (κ1) is 15.6. The highest BCUT2D eigenvalue weighted by molar-refractivity contribution is 6.42. The normalized spacial score (nSPS) is 13.0. The summed E-state index contributed by atoms with van der Waals surface area (Å²) in [6.07, 6.45) is -2.59. The Kier molecular flexibility index (Phi) is 6.86. The molecule has 2 nitrogen and oxygen atoms in total. The first-order valence-electron chi connectivity index (χ1n) is 5.47. The number of benzene rings is 1. The Bertz CT molecular complexity index is 375. The molecular weight excluding hydrogens is 285 g/mol. The summed E-state index contributed by atoms with van der Waals surface area (Å²) in [5.41, 5.74) is 0.727. The Morgan fingerprint density at radius 1 is 1.28 bits per heavy atom. The van der Waals surface area contributed by atoms with Gasteiger partial charge in [-0.25, -0.2) is 8.78 Å². The van der Waals surface area contributed by atoms with E-state index in [2.05, 4.69) is 4.74 Å². The highest BCUT2D eigenvalue weighted by Gasteiger charge is 2.11. The summed E-state index contributed by atoms with van der Waals surface area (Å²) >= 11 is 11.8. The standard InChI is InChI=1S/C12H14Cl2F2O2/c13-10-3-1-2-8(12(10)14)6-9(17)4-5-18-7-11(15)16/h1-3,9,11,17H,4-7H2. The molecule has 1 rings (SSSR count). The molecule has 0 amide bonds. The van der Waals surface area contributed by atoms with Crippen molar-refractivity contribution < 1.29 is 18.6 Å². The monoisotopic (exact) mass is 298 g/mol. The second kappa shape index (κ2) is 7.89. The molecule has 0 aromatic heterocycles. The fourth-order valence-electron chi connectivity index (χ4n) is 1.45. The molecular formula is C12H14Cl2F2O2. The van der Waals surface area contributed by atoms with Crippen molar-refractivity contribution in [3.05, 3.63) is 33.8 Å². The van der Waals surface area contributed by atoms with Gasteiger partial charge in [-0.15, -0.1) is 0 Å². The summed E-state index contributed by atoms with van der Waals surface area (Å²) in [7, 11) is 0. The van der Waals surface area contributed by atoms with Crippen LogP contribution >= 0.6 is 23.2 Å². The molecule has 102 valence electrons. The zero-order chi connectivity index (χ0) is 13.5. The molecule has 1 unspecified atom stereocenters. The topological polar surface area (TPSA) is 29.5 Å². The number of aliphatic hydroxyl groups is 1. The van der Waals surface area contributed by atoms with Crippen molar-refractivity contribution in [2.45, 2.75) is 25.4 Å². The van der Waals surface area contributed by atoms with Crippen LogP contribution in [0.2, 0.25) is 10.0 Å². The van der Waals surface area contributed by atoms with Gasteiger partial charge in [-0.2, -0.15) is 0 Å². The maximum atomic E-state index is 11.8. The molecule has 0 spiro atoms. The Hall–Kier alpha value is -0.420. The molecule has 0 saturated heterocycles. The van der Waals surface area contributed by atoms with E-state index in [0.29, 0.717) is 16.5 Å². The van der Waals surface area contributed by atoms with Crippen LogP contribution in [0.4, 0.5) is 8.78 Å². The number of halogens is 4. The summed E-state index contributed by atoms with van der Waals surface area (Å²) in [5, 5.41) is 10.5. The van der Waals surface area contributed by atoms with Crippen LogP contribution < -0.4 is 0 Å². The van der Waals surface area contributed by atoms with E-state index in [-0.39, 0.29) is 13.0 Å². The van der Waals surface area contributed by atoms with Gasteiger partial charge in [0.25, 0.3) is 6.43 Å². The third-order valence-electron chi connectivity index (χ3n) is 2.33. The van der Waals surface area contributed by atoms with E-state index in [1.165, 1.54) is 0 Å². The lowest BCUT2D eigenvalue weighted by atomic mass is 10.1. The average Bonchev–Trinajstić information content (AvgIpc) is 2.30. The van der Waals surface area contributed by atoms with Crippen molar-refractivity contribution in [1.82, 2.24) is 0 Å². The maximum Gasteiger partial charge on any atom is 0.261 e. The van der Waals surface area contributed by atoms with Gasteiger partial charge in [-0.3, -0.25) is 0 Å². The van der Waals surface area contributed by atoms with Crippen molar-refractivity contribution >= 4 is 23.2 Å². The second-order valence-electron chi connectivity index (χ2n) is 3.83. The van der Waals surface area contributed by atoms with Gasteiger partial charge in [0, 0.05) is 6.61 Å². The first-order chi connectivity index (χ1) is 8.50. The molecule has 0 heterocycles. The molecule has 0 aliphatic rings. The number of alkyl halides is 2. The smallest absolute Gasteiger partial charge is 0.261 e. The number of rotatable bonds is 7. The molecule has 1 aromatic rings.